The molecule has 2 aromatic carbocycles. The third kappa shape index (κ3) is 5.20. The van der Waals surface area contributed by atoms with Crippen molar-refractivity contribution in [2.45, 2.75) is 0 Å². The number of ether oxygens (including phenoxy) is 1. The Morgan fingerprint density at radius 2 is 1.86 bits per heavy atom. The monoisotopic (exact) mass is 299 g/mol. The Morgan fingerprint density at radius 3 is 2.59 bits per heavy atom. The van der Waals surface area contributed by atoms with Crippen molar-refractivity contribution < 1.29 is 18.7 Å². The zero-order chi connectivity index (χ0) is 15.8. The first-order valence-electron chi connectivity index (χ1n) is 6.59. The second kappa shape index (κ2) is 7.73. The summed E-state index contributed by atoms with van der Waals surface area (Å²) in [7, 11) is 0. The second-order valence-corrected chi connectivity index (χ2v) is 4.41. The van der Waals surface area contributed by atoms with Gasteiger partial charge in [0.15, 0.2) is 6.61 Å². The predicted molar refractivity (Wildman–Crippen MR) is 81.5 cm³/mol. The third-order valence-electron chi connectivity index (χ3n) is 2.67. The van der Waals surface area contributed by atoms with Crippen LogP contribution in [0.1, 0.15) is 5.56 Å². The maximum absolute atomic E-state index is 12.9. The minimum atomic E-state index is -0.627. The van der Waals surface area contributed by atoms with Gasteiger partial charge < -0.3 is 10.1 Å². The van der Waals surface area contributed by atoms with Crippen molar-refractivity contribution in [3.05, 3.63) is 72.1 Å². The van der Waals surface area contributed by atoms with Gasteiger partial charge in [-0.3, -0.25) is 4.79 Å². The predicted octanol–water partition coefficient (Wildman–Crippen LogP) is 3.02. The van der Waals surface area contributed by atoms with Gasteiger partial charge in [-0.25, -0.2) is 9.18 Å². The standard InChI is InChI=1S/C17H14FNO3/c18-14-7-4-8-15(11-14)19-16(20)12-22-17(21)10-9-13-5-2-1-3-6-13/h1-11H,12H2,(H,19,20)/b10-9+. The topological polar surface area (TPSA) is 55.4 Å². The average Bonchev–Trinajstić information content (AvgIpc) is 2.52. The second-order valence-electron chi connectivity index (χ2n) is 4.41. The van der Waals surface area contributed by atoms with E-state index in [9.17, 15) is 14.0 Å². The van der Waals surface area contributed by atoms with Gasteiger partial charge in [0.2, 0.25) is 0 Å². The van der Waals surface area contributed by atoms with E-state index in [1.165, 1.54) is 30.3 Å². The van der Waals surface area contributed by atoms with E-state index in [0.717, 1.165) is 5.56 Å². The molecule has 0 bridgehead atoms. The molecule has 0 spiro atoms. The number of amides is 1. The number of nitrogens with one attached hydrogen (secondary N) is 1. The van der Waals surface area contributed by atoms with E-state index in [2.05, 4.69) is 5.32 Å². The van der Waals surface area contributed by atoms with E-state index in [4.69, 9.17) is 4.74 Å². The Morgan fingerprint density at radius 1 is 1.09 bits per heavy atom. The van der Waals surface area contributed by atoms with Gasteiger partial charge in [0, 0.05) is 11.8 Å². The van der Waals surface area contributed by atoms with Crippen LogP contribution in [0.4, 0.5) is 10.1 Å². The van der Waals surface area contributed by atoms with Crippen LogP contribution in [-0.4, -0.2) is 18.5 Å². The number of carbonyl (C=O) groups excluding carboxylic acids is 2. The van der Waals surface area contributed by atoms with Crippen molar-refractivity contribution in [1.29, 1.82) is 0 Å². The Kier molecular flexibility index (Phi) is 5.43. The van der Waals surface area contributed by atoms with Crippen molar-refractivity contribution in [1.82, 2.24) is 0 Å². The maximum atomic E-state index is 12.9. The molecule has 0 saturated heterocycles. The lowest BCUT2D eigenvalue weighted by molar-refractivity contribution is -0.142. The number of esters is 1. The van der Waals surface area contributed by atoms with E-state index in [1.807, 2.05) is 30.3 Å². The summed E-state index contributed by atoms with van der Waals surface area (Å²) in [6.45, 7) is -0.436. The first kappa shape index (κ1) is 15.4. The Balaban J connectivity index is 1.78. The number of carbonyl (C=O) groups is 2. The van der Waals surface area contributed by atoms with Gasteiger partial charge >= 0.3 is 5.97 Å². The number of benzene rings is 2. The van der Waals surface area contributed by atoms with Crippen molar-refractivity contribution >= 4 is 23.6 Å². The zero-order valence-electron chi connectivity index (χ0n) is 11.7. The molecule has 112 valence electrons. The summed E-state index contributed by atoms with van der Waals surface area (Å²) in [5.74, 6) is -1.62. The quantitative estimate of drug-likeness (QED) is 0.682. The number of rotatable bonds is 5. The van der Waals surface area contributed by atoms with Crippen molar-refractivity contribution in [3.63, 3.8) is 0 Å². The molecule has 0 radical (unpaired) electrons. The number of hydrogen-bond acceptors (Lipinski definition) is 3. The fourth-order valence-electron chi connectivity index (χ4n) is 1.68. The van der Waals surface area contributed by atoms with Gasteiger partial charge in [-0.05, 0) is 29.8 Å². The molecular formula is C17H14FNO3. The average molecular weight is 299 g/mol. The summed E-state index contributed by atoms with van der Waals surface area (Å²) >= 11 is 0. The molecule has 22 heavy (non-hydrogen) atoms. The zero-order valence-corrected chi connectivity index (χ0v) is 11.7. The molecule has 0 aliphatic carbocycles. The summed E-state index contributed by atoms with van der Waals surface area (Å²) in [5, 5.41) is 2.43. The van der Waals surface area contributed by atoms with Crippen LogP contribution < -0.4 is 5.32 Å². The normalized spacial score (nSPS) is 10.4. The highest BCUT2D eigenvalue weighted by atomic mass is 19.1. The first-order chi connectivity index (χ1) is 10.6. The molecule has 5 heteroatoms. The fraction of sp³-hybridized carbons (Fsp3) is 0.0588. The molecule has 0 aliphatic rings. The highest BCUT2D eigenvalue weighted by molar-refractivity contribution is 5.94. The minimum absolute atomic E-state index is 0.306. The molecule has 1 N–H and O–H groups in total. The van der Waals surface area contributed by atoms with Gasteiger partial charge in [-0.2, -0.15) is 0 Å². The molecule has 0 fully saturated rings. The lowest BCUT2D eigenvalue weighted by Gasteiger charge is -2.05. The molecule has 0 aromatic heterocycles. The van der Waals surface area contributed by atoms with Gasteiger partial charge in [0.1, 0.15) is 5.82 Å². The van der Waals surface area contributed by atoms with Crippen LogP contribution in [0, 0.1) is 5.82 Å². The van der Waals surface area contributed by atoms with Crippen LogP contribution in [0.5, 0.6) is 0 Å². The Bertz CT molecular complexity index is 683. The summed E-state index contributed by atoms with van der Waals surface area (Å²) < 4.78 is 17.7. The van der Waals surface area contributed by atoms with E-state index in [1.54, 1.807) is 6.08 Å². The number of halogens is 1. The SMILES string of the molecule is O=C(COC(=O)/C=C/c1ccccc1)Nc1cccc(F)c1. The van der Waals surface area contributed by atoms with E-state index < -0.39 is 24.3 Å². The third-order valence-corrected chi connectivity index (χ3v) is 2.67. The van der Waals surface area contributed by atoms with Crippen LogP contribution in [0.25, 0.3) is 6.08 Å². The van der Waals surface area contributed by atoms with E-state index in [0.29, 0.717) is 5.69 Å². The maximum Gasteiger partial charge on any atom is 0.331 e. The highest BCUT2D eigenvalue weighted by Gasteiger charge is 2.06. The minimum Gasteiger partial charge on any atom is -0.452 e. The molecule has 0 saturated carbocycles. The van der Waals surface area contributed by atoms with Crippen molar-refractivity contribution in [3.8, 4) is 0 Å². The number of anilines is 1. The van der Waals surface area contributed by atoms with Gasteiger partial charge in [0.25, 0.3) is 5.91 Å². The summed E-state index contributed by atoms with van der Waals surface area (Å²) in [4.78, 5) is 23.0. The molecule has 0 aliphatic heterocycles. The highest BCUT2D eigenvalue weighted by Crippen LogP contribution is 2.08. The van der Waals surface area contributed by atoms with Crippen LogP contribution in [0.3, 0.4) is 0 Å². The van der Waals surface area contributed by atoms with Crippen LogP contribution in [0.2, 0.25) is 0 Å². The molecular weight excluding hydrogens is 285 g/mol. The van der Waals surface area contributed by atoms with E-state index in [-0.39, 0.29) is 0 Å². The molecule has 4 nitrogen and oxygen atoms in total. The lowest BCUT2D eigenvalue weighted by Crippen LogP contribution is -2.20. The first-order valence-corrected chi connectivity index (χ1v) is 6.59. The summed E-state index contributed by atoms with van der Waals surface area (Å²) in [6, 6.07) is 14.7. The smallest absolute Gasteiger partial charge is 0.331 e. The van der Waals surface area contributed by atoms with Gasteiger partial charge in [-0.1, -0.05) is 36.4 Å². The Hall–Kier alpha value is -2.95. The molecule has 0 unspecified atom stereocenters. The van der Waals surface area contributed by atoms with Gasteiger partial charge in [-0.15, -0.1) is 0 Å². The van der Waals surface area contributed by atoms with Gasteiger partial charge in [0.05, 0.1) is 0 Å². The summed E-state index contributed by atoms with van der Waals surface area (Å²) in [6.07, 6.45) is 2.83. The van der Waals surface area contributed by atoms with Crippen LogP contribution in [-0.2, 0) is 14.3 Å². The summed E-state index contributed by atoms with van der Waals surface area (Å²) in [5.41, 5.74) is 1.16. The largest absolute Gasteiger partial charge is 0.452 e. The molecule has 0 heterocycles. The fourth-order valence-corrected chi connectivity index (χ4v) is 1.68. The van der Waals surface area contributed by atoms with Crippen molar-refractivity contribution in [2.75, 3.05) is 11.9 Å². The number of hydrogen-bond donors (Lipinski definition) is 1. The molecule has 1 amide bonds. The van der Waals surface area contributed by atoms with Crippen LogP contribution >= 0.6 is 0 Å². The Labute approximate surface area is 127 Å². The van der Waals surface area contributed by atoms with E-state index >= 15 is 0 Å². The lowest BCUT2D eigenvalue weighted by atomic mass is 10.2. The van der Waals surface area contributed by atoms with Crippen molar-refractivity contribution in [2.24, 2.45) is 0 Å². The molecule has 0 atom stereocenters. The molecule has 2 aromatic rings. The molecule has 2 rings (SSSR count). The van der Waals surface area contributed by atoms with Crippen LogP contribution in [0.15, 0.2) is 60.7 Å².